The van der Waals surface area contributed by atoms with Crippen LogP contribution in [0, 0.1) is 0 Å². The van der Waals surface area contributed by atoms with Crippen molar-refractivity contribution in [3.8, 4) is 0 Å². The normalized spacial score (nSPS) is 13.8. The van der Waals surface area contributed by atoms with Gasteiger partial charge in [0.05, 0.1) is 0 Å². The minimum absolute atomic E-state index is 0.0131. The van der Waals surface area contributed by atoms with E-state index in [1.165, 1.54) is 22.4 Å². The molecule has 0 aromatic heterocycles. The zero-order valence-corrected chi connectivity index (χ0v) is 16.3. The fraction of sp³-hybridized carbons (Fsp3) is 0.240. The van der Waals surface area contributed by atoms with Crippen molar-refractivity contribution < 1.29 is 4.79 Å². The van der Waals surface area contributed by atoms with Gasteiger partial charge < -0.3 is 10.2 Å². The summed E-state index contributed by atoms with van der Waals surface area (Å²) in [6.45, 7) is 4.70. The van der Waals surface area contributed by atoms with Gasteiger partial charge in [-0.2, -0.15) is 0 Å². The van der Waals surface area contributed by atoms with Crippen LogP contribution in [0.1, 0.15) is 39.9 Å². The smallest absolute Gasteiger partial charge is 0.251 e. The lowest BCUT2D eigenvalue weighted by molar-refractivity contribution is 0.0951. The number of hydrogen-bond acceptors (Lipinski definition) is 2. The number of nitrogens with zero attached hydrogens (tertiary/aromatic N) is 1. The molecule has 1 amide bonds. The summed E-state index contributed by atoms with van der Waals surface area (Å²) < 4.78 is 0. The highest BCUT2D eigenvalue weighted by Crippen LogP contribution is 2.28. The minimum Gasteiger partial charge on any atom is -0.367 e. The molecule has 142 valence electrons. The van der Waals surface area contributed by atoms with Crippen molar-refractivity contribution in [3.05, 3.63) is 101 Å². The molecule has 0 radical (unpaired) electrons. The maximum atomic E-state index is 12.5. The number of para-hydroxylation sites is 1. The van der Waals surface area contributed by atoms with Crippen molar-refractivity contribution in [2.45, 2.75) is 25.8 Å². The standard InChI is InChI=1S/C25H26N2O/c1-19(21-7-3-2-4-8-21)17-26-25(28)23-13-11-20(12-14-23)18-27-16-15-22-9-5-6-10-24(22)27/h2-14,19H,15-18H2,1H3,(H,26,28)/t19-/m1/s1. The lowest BCUT2D eigenvalue weighted by Crippen LogP contribution is -2.27. The van der Waals surface area contributed by atoms with Crippen LogP contribution in [0.15, 0.2) is 78.9 Å². The Hall–Kier alpha value is -3.07. The molecule has 3 aromatic rings. The Bertz CT molecular complexity index is 934. The zero-order valence-electron chi connectivity index (χ0n) is 16.3. The maximum Gasteiger partial charge on any atom is 0.251 e. The molecule has 0 saturated carbocycles. The Morgan fingerprint density at radius 3 is 2.46 bits per heavy atom. The number of nitrogens with one attached hydrogen (secondary N) is 1. The van der Waals surface area contributed by atoms with Crippen molar-refractivity contribution in [3.63, 3.8) is 0 Å². The summed E-state index contributed by atoms with van der Waals surface area (Å²) in [5.74, 6) is 0.278. The zero-order chi connectivity index (χ0) is 19.3. The van der Waals surface area contributed by atoms with Crippen molar-refractivity contribution in [1.82, 2.24) is 5.32 Å². The van der Waals surface area contributed by atoms with Crippen LogP contribution in [-0.4, -0.2) is 19.0 Å². The van der Waals surface area contributed by atoms with E-state index in [0.717, 1.165) is 19.5 Å². The van der Waals surface area contributed by atoms with Crippen LogP contribution in [0.4, 0.5) is 5.69 Å². The van der Waals surface area contributed by atoms with Crippen LogP contribution in [0.3, 0.4) is 0 Å². The van der Waals surface area contributed by atoms with Gasteiger partial charge >= 0.3 is 0 Å². The highest BCUT2D eigenvalue weighted by atomic mass is 16.1. The maximum absolute atomic E-state index is 12.5. The van der Waals surface area contributed by atoms with Crippen molar-refractivity contribution >= 4 is 11.6 Å². The Morgan fingerprint density at radius 1 is 0.964 bits per heavy atom. The van der Waals surface area contributed by atoms with E-state index in [4.69, 9.17) is 0 Å². The average molecular weight is 370 g/mol. The minimum atomic E-state index is -0.0131. The molecule has 0 bridgehead atoms. The summed E-state index contributed by atoms with van der Waals surface area (Å²) in [4.78, 5) is 14.9. The second-order valence-corrected chi connectivity index (χ2v) is 7.52. The molecule has 1 aliphatic heterocycles. The van der Waals surface area contributed by atoms with Gasteiger partial charge in [-0.1, -0.05) is 67.6 Å². The number of hydrogen-bond donors (Lipinski definition) is 1. The first-order valence-corrected chi connectivity index (χ1v) is 9.95. The fourth-order valence-corrected chi connectivity index (χ4v) is 3.80. The van der Waals surface area contributed by atoms with Gasteiger partial charge in [0.25, 0.3) is 5.91 Å². The summed E-state index contributed by atoms with van der Waals surface area (Å²) in [5, 5.41) is 3.05. The number of fused-ring (bicyclic) bond motifs is 1. The van der Waals surface area contributed by atoms with Crippen molar-refractivity contribution in [2.75, 3.05) is 18.0 Å². The molecule has 3 heteroatoms. The second kappa shape index (κ2) is 8.30. The molecule has 28 heavy (non-hydrogen) atoms. The molecule has 4 rings (SSSR count). The molecule has 0 spiro atoms. The monoisotopic (exact) mass is 370 g/mol. The van der Waals surface area contributed by atoms with E-state index in [1.807, 2.05) is 30.3 Å². The lowest BCUT2D eigenvalue weighted by atomic mass is 10.0. The van der Waals surface area contributed by atoms with E-state index in [1.54, 1.807) is 0 Å². The first-order valence-electron chi connectivity index (χ1n) is 9.95. The summed E-state index contributed by atoms with van der Waals surface area (Å²) in [6.07, 6.45) is 1.11. The van der Waals surface area contributed by atoms with Gasteiger partial charge in [-0.15, -0.1) is 0 Å². The molecule has 1 aliphatic rings. The number of carbonyl (C=O) groups is 1. The van der Waals surface area contributed by atoms with E-state index >= 15 is 0 Å². The first-order chi connectivity index (χ1) is 13.7. The Morgan fingerprint density at radius 2 is 1.68 bits per heavy atom. The van der Waals surface area contributed by atoms with Crippen LogP contribution in [0.2, 0.25) is 0 Å². The summed E-state index contributed by atoms with van der Waals surface area (Å²) in [5.41, 5.74) is 5.94. The first kappa shape index (κ1) is 18.3. The number of rotatable bonds is 6. The average Bonchev–Trinajstić information content (AvgIpc) is 3.16. The number of anilines is 1. The molecule has 0 unspecified atom stereocenters. The summed E-state index contributed by atoms with van der Waals surface area (Å²) in [6, 6.07) is 26.9. The Kier molecular flexibility index (Phi) is 5.43. The third-order valence-corrected chi connectivity index (χ3v) is 5.51. The quantitative estimate of drug-likeness (QED) is 0.677. The van der Waals surface area contributed by atoms with Crippen molar-refractivity contribution in [1.29, 1.82) is 0 Å². The predicted molar refractivity (Wildman–Crippen MR) is 115 cm³/mol. The van der Waals surface area contributed by atoms with E-state index in [2.05, 4.69) is 65.7 Å². The van der Waals surface area contributed by atoms with E-state index in [-0.39, 0.29) is 5.91 Å². The molecule has 0 fully saturated rings. The summed E-state index contributed by atoms with van der Waals surface area (Å²) in [7, 11) is 0. The van der Waals surface area contributed by atoms with E-state index in [9.17, 15) is 4.79 Å². The molecule has 1 atom stereocenters. The topological polar surface area (TPSA) is 32.3 Å². The van der Waals surface area contributed by atoms with E-state index < -0.39 is 0 Å². The largest absolute Gasteiger partial charge is 0.367 e. The predicted octanol–water partition coefficient (Wildman–Crippen LogP) is 4.78. The fourth-order valence-electron chi connectivity index (χ4n) is 3.80. The number of carbonyl (C=O) groups excluding carboxylic acids is 1. The van der Waals surface area contributed by atoms with Crippen LogP contribution >= 0.6 is 0 Å². The molecule has 1 heterocycles. The van der Waals surface area contributed by atoms with Gasteiger partial charge in [-0.3, -0.25) is 4.79 Å². The molecule has 1 N–H and O–H groups in total. The van der Waals surface area contributed by atoms with Crippen molar-refractivity contribution in [2.24, 2.45) is 0 Å². The SMILES string of the molecule is C[C@H](CNC(=O)c1ccc(CN2CCc3ccccc32)cc1)c1ccccc1. The third-order valence-electron chi connectivity index (χ3n) is 5.51. The van der Waals surface area contributed by atoms with Crippen LogP contribution in [0.5, 0.6) is 0 Å². The highest BCUT2D eigenvalue weighted by Gasteiger charge is 2.18. The van der Waals surface area contributed by atoms with Gasteiger partial charge in [0, 0.05) is 30.9 Å². The van der Waals surface area contributed by atoms with Crippen LogP contribution in [0.25, 0.3) is 0 Å². The molecule has 0 aliphatic carbocycles. The lowest BCUT2D eigenvalue weighted by Gasteiger charge is -2.19. The third kappa shape index (κ3) is 4.09. The molecule has 3 aromatic carbocycles. The molecule has 3 nitrogen and oxygen atoms in total. The second-order valence-electron chi connectivity index (χ2n) is 7.52. The van der Waals surface area contributed by atoms with Crippen LogP contribution in [-0.2, 0) is 13.0 Å². The molecule has 0 saturated heterocycles. The van der Waals surface area contributed by atoms with E-state index in [0.29, 0.717) is 18.0 Å². The Labute approximate surface area is 167 Å². The van der Waals surface area contributed by atoms with Gasteiger partial charge in [0.2, 0.25) is 0 Å². The van der Waals surface area contributed by atoms with Crippen LogP contribution < -0.4 is 10.2 Å². The Balaban J connectivity index is 1.34. The number of benzene rings is 3. The number of amides is 1. The highest BCUT2D eigenvalue weighted by molar-refractivity contribution is 5.94. The van der Waals surface area contributed by atoms with Gasteiger partial charge in [-0.05, 0) is 47.2 Å². The molecular formula is C25H26N2O. The molecular weight excluding hydrogens is 344 g/mol. The van der Waals surface area contributed by atoms with Gasteiger partial charge in [0.1, 0.15) is 0 Å². The van der Waals surface area contributed by atoms with Gasteiger partial charge in [-0.25, -0.2) is 0 Å². The summed E-state index contributed by atoms with van der Waals surface area (Å²) >= 11 is 0. The van der Waals surface area contributed by atoms with Gasteiger partial charge in [0.15, 0.2) is 0 Å².